The quantitative estimate of drug-likeness (QED) is 0.0412. The van der Waals surface area contributed by atoms with E-state index < -0.39 is 35.2 Å². The van der Waals surface area contributed by atoms with Crippen LogP contribution in [-0.2, 0) is 40.2 Å². The maximum absolute atomic E-state index is 13.9. The summed E-state index contributed by atoms with van der Waals surface area (Å²) in [6, 6.07) is 36.4. The first kappa shape index (κ1) is 41.4. The molecule has 0 radical (unpaired) electrons. The van der Waals surface area contributed by atoms with Crippen LogP contribution in [0.25, 0.3) is 0 Å². The van der Waals surface area contributed by atoms with Gasteiger partial charge in [-0.15, -0.1) is 4.33 Å². The molecule has 3 N–H and O–H groups in total. The van der Waals surface area contributed by atoms with Gasteiger partial charge >= 0.3 is 0 Å². The second-order valence-corrected chi connectivity index (χ2v) is 18.4. The molecular formula is C43H40O11S3. The summed E-state index contributed by atoms with van der Waals surface area (Å²) in [5.41, 5.74) is 4.43. The van der Waals surface area contributed by atoms with Crippen LogP contribution in [0.5, 0.6) is 28.7 Å². The number of aromatic hydroxyl groups is 1. The van der Waals surface area contributed by atoms with Crippen LogP contribution in [0.15, 0.2) is 153 Å². The molecule has 0 heterocycles. The third-order valence-electron chi connectivity index (χ3n) is 9.85. The summed E-state index contributed by atoms with van der Waals surface area (Å²) < 4.78 is 79.7. The predicted molar refractivity (Wildman–Crippen MR) is 215 cm³/mol. The van der Waals surface area contributed by atoms with Crippen molar-refractivity contribution < 1.29 is 50.6 Å². The maximum atomic E-state index is 13.9. The summed E-state index contributed by atoms with van der Waals surface area (Å²) in [7, 11) is -9.39. The molecule has 6 rings (SSSR count). The minimum atomic E-state index is -4.97. The Hall–Kier alpha value is -5.19. The molecule has 0 aromatic heterocycles. The van der Waals surface area contributed by atoms with Crippen molar-refractivity contribution in [1.29, 1.82) is 0 Å². The van der Waals surface area contributed by atoms with Crippen molar-refractivity contribution in [2.45, 2.75) is 65.0 Å². The summed E-state index contributed by atoms with van der Waals surface area (Å²) in [5, 5.41) is 22.3. The Kier molecular flexibility index (Phi) is 11.9. The predicted octanol–water partition coefficient (Wildman–Crippen LogP) is 10.4. The minimum absolute atomic E-state index is 0.0857. The molecule has 0 saturated heterocycles. The van der Waals surface area contributed by atoms with E-state index in [-0.39, 0.29) is 38.2 Å². The summed E-state index contributed by atoms with van der Waals surface area (Å²) in [6.45, 7) is 10.3. The minimum Gasteiger partial charge on any atom is -0.508 e. The van der Waals surface area contributed by atoms with Gasteiger partial charge in [0.1, 0.15) is 33.6 Å². The van der Waals surface area contributed by atoms with Crippen molar-refractivity contribution in [3.05, 3.63) is 161 Å². The molecular weight excluding hydrogens is 789 g/mol. The average molecular weight is 829 g/mol. The number of phenols is 1. The van der Waals surface area contributed by atoms with Gasteiger partial charge in [-0.1, -0.05) is 99.0 Å². The van der Waals surface area contributed by atoms with E-state index in [1.807, 2.05) is 69.3 Å². The largest absolute Gasteiger partial charge is 0.508 e. The van der Waals surface area contributed by atoms with E-state index in [9.17, 15) is 26.5 Å². The van der Waals surface area contributed by atoms with Gasteiger partial charge in [-0.25, -0.2) is 13.7 Å². The molecule has 0 aliphatic carbocycles. The summed E-state index contributed by atoms with van der Waals surface area (Å²) in [4.78, 5) is -1.40. The van der Waals surface area contributed by atoms with E-state index in [0.717, 1.165) is 39.9 Å². The van der Waals surface area contributed by atoms with Gasteiger partial charge in [-0.2, -0.15) is 8.42 Å². The fraction of sp³-hybridized carbons (Fsp3) is 0.163. The van der Waals surface area contributed by atoms with E-state index in [1.54, 1.807) is 36.4 Å². The third-order valence-corrected chi connectivity index (χ3v) is 13.1. The molecule has 0 saturated carbocycles. The zero-order valence-electron chi connectivity index (χ0n) is 31.5. The zero-order valence-corrected chi connectivity index (χ0v) is 34.0. The highest BCUT2D eigenvalue weighted by Gasteiger charge is 2.28. The highest BCUT2D eigenvalue weighted by molar-refractivity contribution is 7.94. The molecule has 296 valence electrons. The Morgan fingerprint density at radius 2 is 0.982 bits per heavy atom. The molecule has 0 bridgehead atoms. The van der Waals surface area contributed by atoms with Gasteiger partial charge in [0, 0.05) is 10.8 Å². The number of ether oxygens (including phenoxy) is 2. The van der Waals surface area contributed by atoms with Crippen LogP contribution in [0.3, 0.4) is 0 Å². The lowest BCUT2D eigenvalue weighted by atomic mass is 9.78. The van der Waals surface area contributed by atoms with Gasteiger partial charge in [0.05, 0.1) is 26.7 Å². The zero-order chi connectivity index (χ0) is 41.2. The highest BCUT2D eigenvalue weighted by atomic mass is 32.2. The van der Waals surface area contributed by atoms with Crippen molar-refractivity contribution in [3.8, 4) is 28.7 Å². The normalized spacial score (nSPS) is 12.3. The Bertz CT molecular complexity index is 2590. The monoisotopic (exact) mass is 828 g/mol. The van der Waals surface area contributed by atoms with Crippen molar-refractivity contribution in [1.82, 2.24) is 0 Å². The number of rotatable bonds is 14. The molecule has 11 nitrogen and oxygen atoms in total. The first-order valence-electron chi connectivity index (χ1n) is 17.5. The molecule has 57 heavy (non-hydrogen) atoms. The number of phenolic OH excluding ortho intramolecular Hbond substituents is 1. The van der Waals surface area contributed by atoms with Crippen molar-refractivity contribution in [2.24, 2.45) is 0 Å². The van der Waals surface area contributed by atoms with E-state index in [4.69, 9.17) is 14.7 Å². The Balaban J connectivity index is 1.25. The maximum Gasteiger partial charge on any atom is 0.298 e. The number of hydrogen-bond acceptors (Lipinski definition) is 11. The molecule has 0 fully saturated rings. The molecule has 6 aromatic carbocycles. The molecule has 0 aliphatic rings. The number of hydrogen-bond donors (Lipinski definition) is 3. The highest BCUT2D eigenvalue weighted by Crippen LogP contribution is 2.40. The number of benzene rings is 6. The average Bonchev–Trinajstić information content (AvgIpc) is 3.18. The third kappa shape index (κ3) is 9.18. The fourth-order valence-electron chi connectivity index (χ4n) is 6.25. The van der Waals surface area contributed by atoms with E-state index >= 15 is 0 Å². The van der Waals surface area contributed by atoms with Crippen LogP contribution in [0.1, 0.15) is 55.5 Å². The molecule has 6 aromatic rings. The van der Waals surface area contributed by atoms with Gasteiger partial charge in [-0.3, -0.25) is 4.55 Å². The molecule has 0 atom stereocenters. The topological polar surface area (TPSA) is 166 Å². The lowest BCUT2D eigenvalue weighted by Crippen LogP contribution is -2.18. The molecule has 14 heteroatoms. The van der Waals surface area contributed by atoms with Gasteiger partial charge < -0.3 is 14.6 Å². The molecule has 0 aliphatic heterocycles. The lowest BCUT2D eigenvalue weighted by Gasteiger charge is -2.26. The van der Waals surface area contributed by atoms with E-state index in [1.165, 1.54) is 24.3 Å². The smallest absolute Gasteiger partial charge is 0.298 e. The Morgan fingerprint density at radius 1 is 0.561 bits per heavy atom. The van der Waals surface area contributed by atoms with Crippen LogP contribution in [0, 0.1) is 6.92 Å². The standard InChI is InChI=1S/C43H40O11S3/c1-28-6-8-29(9-7-28)42(2,3)31-14-20-35(21-15-31)52-39-25-23-37(27-41(39)57(48,49)50)56(46,47)36-22-24-38(40(26-36)55-54-53-45)51-34-18-12-32(13-19-34)43(4,5)30-10-16-33(44)17-11-30/h6-27,44-45H,1-5H3,(H,48,49,50). The van der Waals surface area contributed by atoms with E-state index in [0.29, 0.717) is 17.8 Å². The SMILES string of the molecule is Cc1ccc(C(C)(C)c2ccc(Oc3ccc(S(=O)(=O)c4ccc(Oc5ccc(C(C)(C)c6ccc(O)cc6)cc5)c(SOOO)c4)cc3S(=O)(=O)O)cc2)cc1. The Labute approximate surface area is 336 Å². The van der Waals surface area contributed by atoms with Crippen LogP contribution in [0.4, 0.5) is 0 Å². The molecule has 0 unspecified atom stereocenters. The summed E-state index contributed by atoms with van der Waals surface area (Å²) in [5.74, 6) is 0.701. The first-order chi connectivity index (χ1) is 26.9. The lowest BCUT2D eigenvalue weighted by molar-refractivity contribution is -0.432. The second-order valence-electron chi connectivity index (χ2n) is 14.3. The van der Waals surface area contributed by atoms with Gasteiger partial charge in [-0.05, 0) is 102 Å². The number of aryl methyl sites for hydroxylation is 1. The van der Waals surface area contributed by atoms with Crippen molar-refractivity contribution in [2.75, 3.05) is 0 Å². The second kappa shape index (κ2) is 16.3. The Morgan fingerprint density at radius 3 is 1.46 bits per heavy atom. The van der Waals surface area contributed by atoms with Crippen LogP contribution < -0.4 is 9.47 Å². The van der Waals surface area contributed by atoms with Gasteiger partial charge in [0.25, 0.3) is 10.1 Å². The van der Waals surface area contributed by atoms with Crippen LogP contribution in [0.2, 0.25) is 0 Å². The van der Waals surface area contributed by atoms with Crippen LogP contribution in [-0.4, -0.2) is 31.8 Å². The first-order valence-corrected chi connectivity index (χ1v) is 21.1. The summed E-state index contributed by atoms with van der Waals surface area (Å²) >= 11 is 0.472. The number of sulfone groups is 1. The summed E-state index contributed by atoms with van der Waals surface area (Å²) in [6.07, 6.45) is 0. The van der Waals surface area contributed by atoms with E-state index in [2.05, 4.69) is 35.4 Å². The van der Waals surface area contributed by atoms with Gasteiger partial charge in [0.2, 0.25) is 9.84 Å². The van der Waals surface area contributed by atoms with Gasteiger partial charge in [0.15, 0.2) is 0 Å². The van der Waals surface area contributed by atoms with Crippen molar-refractivity contribution in [3.63, 3.8) is 0 Å². The fourth-order valence-corrected chi connectivity index (χ4v) is 8.82. The molecule has 0 spiro atoms. The van der Waals surface area contributed by atoms with Crippen LogP contribution >= 0.6 is 12.0 Å². The van der Waals surface area contributed by atoms with Crippen molar-refractivity contribution >= 4 is 32.0 Å². The molecule has 0 amide bonds.